The quantitative estimate of drug-likeness (QED) is 0.816. The van der Waals surface area contributed by atoms with Gasteiger partial charge < -0.3 is 14.8 Å². The highest BCUT2D eigenvalue weighted by Gasteiger charge is 2.14. The monoisotopic (exact) mass is 365 g/mol. The lowest BCUT2D eigenvalue weighted by Gasteiger charge is -2.22. The van der Waals surface area contributed by atoms with Crippen molar-refractivity contribution in [2.75, 3.05) is 31.6 Å². The molecule has 6 heteroatoms. The fourth-order valence-electron chi connectivity index (χ4n) is 3.00. The molecule has 6 nitrogen and oxygen atoms in total. The second kappa shape index (κ2) is 9.06. The summed E-state index contributed by atoms with van der Waals surface area (Å²) in [5.41, 5.74) is 2.41. The minimum absolute atomic E-state index is 0.0752. The molecule has 0 spiro atoms. The number of nitriles is 1. The summed E-state index contributed by atoms with van der Waals surface area (Å²) >= 11 is 0. The van der Waals surface area contributed by atoms with Crippen molar-refractivity contribution in [2.24, 2.45) is 0 Å². The lowest BCUT2D eigenvalue weighted by Crippen LogP contribution is -2.33. The topological polar surface area (TPSA) is 74.6 Å². The Balaban J connectivity index is 1.60. The number of fused-ring (bicyclic) bond motifs is 1. The predicted molar refractivity (Wildman–Crippen MR) is 103 cm³/mol. The van der Waals surface area contributed by atoms with Crippen molar-refractivity contribution in [3.05, 3.63) is 53.6 Å². The highest BCUT2D eigenvalue weighted by atomic mass is 16.6. The van der Waals surface area contributed by atoms with Gasteiger partial charge in [0, 0.05) is 18.3 Å². The van der Waals surface area contributed by atoms with E-state index in [4.69, 9.17) is 14.7 Å². The van der Waals surface area contributed by atoms with Gasteiger partial charge in [-0.1, -0.05) is 19.1 Å². The highest BCUT2D eigenvalue weighted by molar-refractivity contribution is 5.92. The molecule has 2 aromatic carbocycles. The third kappa shape index (κ3) is 5.22. The van der Waals surface area contributed by atoms with Crippen LogP contribution in [0.4, 0.5) is 5.69 Å². The number of nitrogens with one attached hydrogen (secondary N) is 1. The van der Waals surface area contributed by atoms with Gasteiger partial charge in [0.25, 0.3) is 0 Å². The summed E-state index contributed by atoms with van der Waals surface area (Å²) < 4.78 is 11.1. The van der Waals surface area contributed by atoms with Crippen LogP contribution in [0.15, 0.2) is 42.5 Å². The average Bonchev–Trinajstić information content (AvgIpc) is 2.68. The van der Waals surface area contributed by atoms with Gasteiger partial charge >= 0.3 is 0 Å². The van der Waals surface area contributed by atoms with Gasteiger partial charge in [0.05, 0.1) is 18.2 Å². The van der Waals surface area contributed by atoms with Crippen LogP contribution in [-0.4, -0.2) is 37.1 Å². The number of anilines is 1. The Kier molecular flexibility index (Phi) is 6.29. The molecule has 0 atom stereocenters. The zero-order valence-electron chi connectivity index (χ0n) is 15.4. The number of benzene rings is 2. The molecule has 140 valence electrons. The van der Waals surface area contributed by atoms with Gasteiger partial charge in [0.15, 0.2) is 11.5 Å². The molecule has 0 radical (unpaired) electrons. The van der Waals surface area contributed by atoms with Crippen LogP contribution in [0, 0.1) is 11.3 Å². The zero-order chi connectivity index (χ0) is 19.1. The molecule has 0 saturated heterocycles. The fraction of sp³-hybridized carbons (Fsp3) is 0.333. The normalized spacial score (nSPS) is 12.5. The number of rotatable bonds is 7. The van der Waals surface area contributed by atoms with Crippen LogP contribution in [0.2, 0.25) is 0 Å². The van der Waals surface area contributed by atoms with Gasteiger partial charge in [-0.3, -0.25) is 9.69 Å². The summed E-state index contributed by atoms with van der Waals surface area (Å²) in [6, 6.07) is 15.0. The van der Waals surface area contributed by atoms with Gasteiger partial charge in [0.1, 0.15) is 13.2 Å². The molecular weight excluding hydrogens is 342 g/mol. The van der Waals surface area contributed by atoms with E-state index in [0.717, 1.165) is 18.5 Å². The summed E-state index contributed by atoms with van der Waals surface area (Å²) in [6.07, 6.45) is 0.952. The Labute approximate surface area is 159 Å². The molecule has 0 aromatic heterocycles. The van der Waals surface area contributed by atoms with Crippen LogP contribution in [0.5, 0.6) is 11.5 Å². The molecule has 1 aliphatic rings. The number of ether oxygens (including phenoxy) is 2. The first-order chi connectivity index (χ1) is 13.2. The van der Waals surface area contributed by atoms with Gasteiger partial charge in [0.2, 0.25) is 5.91 Å². The van der Waals surface area contributed by atoms with E-state index in [9.17, 15) is 4.79 Å². The predicted octanol–water partition coefficient (Wildman–Crippen LogP) is 3.18. The Morgan fingerprint density at radius 3 is 2.59 bits per heavy atom. The van der Waals surface area contributed by atoms with E-state index in [1.807, 2.05) is 24.3 Å². The summed E-state index contributed by atoms with van der Waals surface area (Å²) in [6.45, 7) is 4.91. The van der Waals surface area contributed by atoms with E-state index >= 15 is 0 Å². The summed E-state index contributed by atoms with van der Waals surface area (Å²) in [5, 5.41) is 11.8. The first-order valence-corrected chi connectivity index (χ1v) is 9.09. The Hall–Kier alpha value is -3.04. The van der Waals surface area contributed by atoms with Crippen LogP contribution in [0.3, 0.4) is 0 Å². The maximum atomic E-state index is 12.5. The Morgan fingerprint density at radius 1 is 1.15 bits per heavy atom. The van der Waals surface area contributed by atoms with E-state index < -0.39 is 0 Å². The molecule has 3 rings (SSSR count). The molecule has 1 heterocycles. The smallest absolute Gasteiger partial charge is 0.238 e. The van der Waals surface area contributed by atoms with Crippen LogP contribution in [0.1, 0.15) is 24.5 Å². The molecule has 1 amide bonds. The SMILES string of the molecule is CCCN(CC(=O)Nc1ccc2c(c1)OCCO2)Cc1ccc(C#N)cc1. The molecule has 0 unspecified atom stereocenters. The van der Waals surface area contributed by atoms with Crippen molar-refractivity contribution in [3.63, 3.8) is 0 Å². The van der Waals surface area contributed by atoms with Crippen molar-refractivity contribution < 1.29 is 14.3 Å². The van der Waals surface area contributed by atoms with Crippen LogP contribution in [0.25, 0.3) is 0 Å². The minimum atomic E-state index is -0.0752. The van der Waals surface area contributed by atoms with Crippen molar-refractivity contribution in [3.8, 4) is 17.6 Å². The Morgan fingerprint density at radius 2 is 1.89 bits per heavy atom. The number of carbonyl (C=O) groups excluding carboxylic acids is 1. The third-order valence-electron chi connectivity index (χ3n) is 4.22. The average molecular weight is 365 g/mol. The van der Waals surface area contributed by atoms with Crippen molar-refractivity contribution in [1.82, 2.24) is 4.90 Å². The maximum Gasteiger partial charge on any atom is 0.238 e. The van der Waals surface area contributed by atoms with Gasteiger partial charge in [-0.05, 0) is 42.8 Å². The van der Waals surface area contributed by atoms with E-state index in [2.05, 4.69) is 23.2 Å². The number of nitrogens with zero attached hydrogens (tertiary/aromatic N) is 2. The van der Waals surface area contributed by atoms with Crippen molar-refractivity contribution >= 4 is 11.6 Å². The number of carbonyl (C=O) groups is 1. The standard InChI is InChI=1S/C21H23N3O3/c1-2-9-24(14-17-5-3-16(13-22)4-6-17)15-21(25)23-18-7-8-19-20(12-18)27-11-10-26-19/h3-8,12H,2,9-11,14-15H2,1H3,(H,23,25). The highest BCUT2D eigenvalue weighted by Crippen LogP contribution is 2.32. The van der Waals surface area contributed by atoms with E-state index in [1.54, 1.807) is 18.2 Å². The first kappa shape index (κ1) is 18.7. The van der Waals surface area contributed by atoms with Crippen LogP contribution < -0.4 is 14.8 Å². The molecule has 1 N–H and O–H groups in total. The summed E-state index contributed by atoms with van der Waals surface area (Å²) in [5.74, 6) is 1.28. The zero-order valence-corrected chi connectivity index (χ0v) is 15.4. The van der Waals surface area contributed by atoms with E-state index in [0.29, 0.717) is 49.1 Å². The summed E-state index contributed by atoms with van der Waals surface area (Å²) in [7, 11) is 0. The Bertz CT molecular complexity index is 828. The van der Waals surface area contributed by atoms with E-state index in [1.165, 1.54) is 0 Å². The largest absolute Gasteiger partial charge is 0.486 e. The maximum absolute atomic E-state index is 12.5. The first-order valence-electron chi connectivity index (χ1n) is 9.09. The molecule has 0 fully saturated rings. The lowest BCUT2D eigenvalue weighted by molar-refractivity contribution is -0.117. The van der Waals surface area contributed by atoms with Crippen molar-refractivity contribution in [1.29, 1.82) is 5.26 Å². The molecular formula is C21H23N3O3. The van der Waals surface area contributed by atoms with Gasteiger partial charge in [-0.2, -0.15) is 5.26 Å². The molecule has 0 saturated carbocycles. The molecule has 27 heavy (non-hydrogen) atoms. The second-order valence-corrected chi connectivity index (χ2v) is 6.43. The molecule has 0 bridgehead atoms. The summed E-state index contributed by atoms with van der Waals surface area (Å²) in [4.78, 5) is 14.6. The number of hydrogen-bond donors (Lipinski definition) is 1. The number of amides is 1. The van der Waals surface area contributed by atoms with Crippen LogP contribution in [-0.2, 0) is 11.3 Å². The van der Waals surface area contributed by atoms with Gasteiger partial charge in [-0.25, -0.2) is 0 Å². The lowest BCUT2D eigenvalue weighted by atomic mass is 10.1. The number of hydrogen-bond acceptors (Lipinski definition) is 5. The molecule has 0 aliphatic carbocycles. The fourth-order valence-corrected chi connectivity index (χ4v) is 3.00. The molecule has 1 aliphatic heterocycles. The third-order valence-corrected chi connectivity index (χ3v) is 4.22. The van der Waals surface area contributed by atoms with E-state index in [-0.39, 0.29) is 5.91 Å². The van der Waals surface area contributed by atoms with Crippen LogP contribution >= 0.6 is 0 Å². The minimum Gasteiger partial charge on any atom is -0.486 e. The second-order valence-electron chi connectivity index (χ2n) is 6.43. The molecule has 2 aromatic rings. The van der Waals surface area contributed by atoms with Gasteiger partial charge in [-0.15, -0.1) is 0 Å². The van der Waals surface area contributed by atoms with Crippen molar-refractivity contribution in [2.45, 2.75) is 19.9 Å².